The van der Waals surface area contributed by atoms with Crippen molar-refractivity contribution in [3.8, 4) is 0 Å². The molecule has 1 aliphatic rings. The first-order valence-electron chi connectivity index (χ1n) is 5.25. The maximum Gasteiger partial charge on any atom is 0.222 e. The van der Waals surface area contributed by atoms with Gasteiger partial charge in [-0.2, -0.15) is 0 Å². The predicted molar refractivity (Wildman–Crippen MR) is 54.5 cm³/mol. The van der Waals surface area contributed by atoms with E-state index in [1.807, 2.05) is 11.9 Å². The van der Waals surface area contributed by atoms with Crippen molar-refractivity contribution in [3.63, 3.8) is 0 Å². The van der Waals surface area contributed by atoms with E-state index in [9.17, 15) is 4.79 Å². The fourth-order valence-corrected chi connectivity index (χ4v) is 1.89. The summed E-state index contributed by atoms with van der Waals surface area (Å²) in [4.78, 5) is 13.5. The molecule has 1 fully saturated rings. The molecule has 0 atom stereocenters. The van der Waals surface area contributed by atoms with E-state index < -0.39 is 0 Å². The van der Waals surface area contributed by atoms with Crippen molar-refractivity contribution < 1.29 is 4.79 Å². The maximum absolute atomic E-state index is 11.7. The van der Waals surface area contributed by atoms with Gasteiger partial charge in [0.15, 0.2) is 0 Å². The van der Waals surface area contributed by atoms with Crippen LogP contribution in [0.15, 0.2) is 0 Å². The van der Waals surface area contributed by atoms with Crippen LogP contribution in [-0.4, -0.2) is 24.4 Å². The third-order valence-electron chi connectivity index (χ3n) is 2.90. The van der Waals surface area contributed by atoms with Crippen LogP contribution in [0, 0.1) is 5.41 Å². The van der Waals surface area contributed by atoms with Gasteiger partial charge in [0.1, 0.15) is 0 Å². The second kappa shape index (κ2) is 4.12. The molecule has 0 saturated carbocycles. The highest BCUT2D eigenvalue weighted by molar-refractivity contribution is 5.76. The molecule has 2 nitrogen and oxygen atoms in total. The molecule has 0 aliphatic carbocycles. The van der Waals surface area contributed by atoms with Crippen molar-refractivity contribution in [2.75, 3.05) is 13.6 Å². The van der Waals surface area contributed by atoms with Crippen LogP contribution in [0.2, 0.25) is 0 Å². The highest BCUT2D eigenvalue weighted by Crippen LogP contribution is 2.29. The summed E-state index contributed by atoms with van der Waals surface area (Å²) in [5.74, 6) is 0.312. The zero-order valence-corrected chi connectivity index (χ0v) is 9.10. The number of carbonyl (C=O) groups is 1. The molecule has 0 bridgehead atoms. The van der Waals surface area contributed by atoms with Crippen LogP contribution in [0.5, 0.6) is 0 Å². The van der Waals surface area contributed by atoms with Gasteiger partial charge >= 0.3 is 0 Å². The Hall–Kier alpha value is -0.530. The van der Waals surface area contributed by atoms with Crippen LogP contribution in [0.1, 0.15) is 46.0 Å². The zero-order valence-electron chi connectivity index (χ0n) is 9.10. The fraction of sp³-hybridized carbons (Fsp3) is 0.909. The lowest BCUT2D eigenvalue weighted by atomic mass is 9.84. The molecular weight excluding hydrogens is 162 g/mol. The highest BCUT2D eigenvalue weighted by atomic mass is 16.2. The standard InChI is InChI=1S/C11H21NO/c1-11(2)7-5-4-6-8-12(3)10(13)9-11/h4-9H2,1-3H3. The molecule has 1 aliphatic heterocycles. The molecule has 1 rings (SSSR count). The minimum atomic E-state index is 0.204. The summed E-state index contributed by atoms with van der Waals surface area (Å²) in [6.07, 6.45) is 5.60. The van der Waals surface area contributed by atoms with Gasteiger partial charge in [0, 0.05) is 20.0 Å². The molecule has 0 aromatic rings. The van der Waals surface area contributed by atoms with Crippen molar-refractivity contribution in [2.45, 2.75) is 46.0 Å². The van der Waals surface area contributed by atoms with Gasteiger partial charge in [-0.05, 0) is 18.3 Å². The summed E-state index contributed by atoms with van der Waals surface area (Å²) >= 11 is 0. The zero-order chi connectivity index (χ0) is 9.90. The van der Waals surface area contributed by atoms with Crippen molar-refractivity contribution in [1.82, 2.24) is 4.90 Å². The third kappa shape index (κ3) is 3.37. The molecule has 1 amide bonds. The highest BCUT2D eigenvalue weighted by Gasteiger charge is 2.24. The number of carbonyl (C=O) groups excluding carboxylic acids is 1. The van der Waals surface area contributed by atoms with E-state index in [2.05, 4.69) is 13.8 Å². The van der Waals surface area contributed by atoms with Crippen LogP contribution in [0.4, 0.5) is 0 Å². The third-order valence-corrected chi connectivity index (χ3v) is 2.90. The fourth-order valence-electron chi connectivity index (χ4n) is 1.89. The molecule has 0 aromatic heterocycles. The molecule has 1 saturated heterocycles. The summed E-state index contributed by atoms with van der Waals surface area (Å²) in [5.41, 5.74) is 0.204. The number of nitrogens with zero attached hydrogens (tertiary/aromatic N) is 1. The lowest BCUT2D eigenvalue weighted by Gasteiger charge is -2.25. The van der Waals surface area contributed by atoms with Crippen molar-refractivity contribution in [2.24, 2.45) is 5.41 Å². The molecule has 0 unspecified atom stereocenters. The Balaban J connectivity index is 2.60. The molecule has 0 aromatic carbocycles. The summed E-state index contributed by atoms with van der Waals surface area (Å²) < 4.78 is 0. The summed E-state index contributed by atoms with van der Waals surface area (Å²) in [5, 5.41) is 0. The first-order chi connectivity index (χ1) is 6.01. The first-order valence-corrected chi connectivity index (χ1v) is 5.25. The lowest BCUT2D eigenvalue weighted by Crippen LogP contribution is -2.30. The normalized spacial score (nSPS) is 24.8. The average molecular weight is 183 g/mol. The van der Waals surface area contributed by atoms with Gasteiger partial charge in [0.25, 0.3) is 0 Å². The van der Waals surface area contributed by atoms with Crippen LogP contribution in [0.25, 0.3) is 0 Å². The van der Waals surface area contributed by atoms with E-state index in [4.69, 9.17) is 0 Å². The monoisotopic (exact) mass is 183 g/mol. The molecule has 1 heterocycles. The predicted octanol–water partition coefficient (Wildman–Crippen LogP) is 2.44. The van der Waals surface area contributed by atoms with Gasteiger partial charge in [-0.1, -0.05) is 26.7 Å². The lowest BCUT2D eigenvalue weighted by molar-refractivity contribution is -0.131. The van der Waals surface area contributed by atoms with Crippen molar-refractivity contribution in [3.05, 3.63) is 0 Å². The Bertz CT molecular complexity index is 187. The Morgan fingerprint density at radius 3 is 2.62 bits per heavy atom. The molecular formula is C11H21NO. The van der Waals surface area contributed by atoms with Crippen LogP contribution in [-0.2, 0) is 4.79 Å². The summed E-state index contributed by atoms with van der Waals surface area (Å²) in [6, 6.07) is 0. The van der Waals surface area contributed by atoms with Gasteiger partial charge < -0.3 is 4.90 Å². The van der Waals surface area contributed by atoms with Gasteiger partial charge in [-0.25, -0.2) is 0 Å². The topological polar surface area (TPSA) is 20.3 Å². The van der Waals surface area contributed by atoms with E-state index in [0.29, 0.717) is 12.3 Å². The van der Waals surface area contributed by atoms with E-state index in [0.717, 1.165) is 6.54 Å². The number of rotatable bonds is 0. The number of amides is 1. The molecule has 2 heteroatoms. The molecule has 76 valence electrons. The second-order valence-electron chi connectivity index (χ2n) is 4.97. The molecule has 13 heavy (non-hydrogen) atoms. The minimum Gasteiger partial charge on any atom is -0.346 e. The summed E-state index contributed by atoms with van der Waals surface area (Å²) in [7, 11) is 1.92. The molecule has 0 spiro atoms. The number of hydrogen-bond donors (Lipinski definition) is 0. The Morgan fingerprint density at radius 1 is 1.23 bits per heavy atom. The van der Waals surface area contributed by atoms with Gasteiger partial charge in [-0.15, -0.1) is 0 Å². The SMILES string of the molecule is CN1CCCCCC(C)(C)CC1=O. The van der Waals surface area contributed by atoms with Gasteiger partial charge in [0.2, 0.25) is 5.91 Å². The van der Waals surface area contributed by atoms with E-state index in [1.54, 1.807) is 0 Å². The first kappa shape index (κ1) is 10.6. The van der Waals surface area contributed by atoms with Crippen LogP contribution in [0.3, 0.4) is 0 Å². The average Bonchev–Trinajstić information content (AvgIpc) is 2.05. The van der Waals surface area contributed by atoms with Crippen LogP contribution < -0.4 is 0 Å². The van der Waals surface area contributed by atoms with Crippen molar-refractivity contribution >= 4 is 5.91 Å². The Morgan fingerprint density at radius 2 is 1.92 bits per heavy atom. The quantitative estimate of drug-likeness (QED) is 0.565. The largest absolute Gasteiger partial charge is 0.346 e. The second-order valence-corrected chi connectivity index (χ2v) is 4.97. The molecule has 0 N–H and O–H groups in total. The maximum atomic E-state index is 11.7. The minimum absolute atomic E-state index is 0.204. The molecule has 0 radical (unpaired) electrons. The van der Waals surface area contributed by atoms with E-state index >= 15 is 0 Å². The number of hydrogen-bond acceptors (Lipinski definition) is 1. The van der Waals surface area contributed by atoms with E-state index in [1.165, 1.54) is 25.7 Å². The van der Waals surface area contributed by atoms with Gasteiger partial charge in [-0.3, -0.25) is 4.79 Å². The summed E-state index contributed by atoms with van der Waals surface area (Å²) in [6.45, 7) is 5.34. The van der Waals surface area contributed by atoms with Crippen LogP contribution >= 0.6 is 0 Å². The van der Waals surface area contributed by atoms with E-state index in [-0.39, 0.29) is 5.41 Å². The van der Waals surface area contributed by atoms with Crippen molar-refractivity contribution in [1.29, 1.82) is 0 Å². The smallest absolute Gasteiger partial charge is 0.222 e. The Labute approximate surface area is 81.3 Å². The van der Waals surface area contributed by atoms with Gasteiger partial charge in [0.05, 0.1) is 0 Å². The Kier molecular flexibility index (Phi) is 3.34.